The molecule has 27 heavy (non-hydrogen) atoms. The predicted molar refractivity (Wildman–Crippen MR) is 122 cm³/mol. The van der Waals surface area contributed by atoms with Gasteiger partial charge in [-0.15, -0.1) is 24.0 Å². The molecule has 2 N–H and O–H groups in total. The molecule has 0 aliphatic rings. The van der Waals surface area contributed by atoms with E-state index < -0.39 is 0 Å². The minimum absolute atomic E-state index is 0. The molecule has 0 bridgehead atoms. The predicted octanol–water partition coefficient (Wildman–Crippen LogP) is 3.13. The molecule has 6 nitrogen and oxygen atoms in total. The van der Waals surface area contributed by atoms with E-state index in [4.69, 9.17) is 4.74 Å². The molecule has 0 saturated heterocycles. The molecular weight excluding hydrogens is 453 g/mol. The minimum Gasteiger partial charge on any atom is -0.381 e. The molecule has 1 heterocycles. The molecule has 1 aromatic heterocycles. The van der Waals surface area contributed by atoms with Gasteiger partial charge in [0.1, 0.15) is 0 Å². The van der Waals surface area contributed by atoms with E-state index in [2.05, 4.69) is 51.9 Å². The Kier molecular flexibility index (Phi) is 12.5. The van der Waals surface area contributed by atoms with Crippen LogP contribution < -0.4 is 10.6 Å². The third-order valence-corrected chi connectivity index (χ3v) is 4.05. The largest absolute Gasteiger partial charge is 0.381 e. The summed E-state index contributed by atoms with van der Waals surface area (Å²) in [5, 5.41) is 10.8. The van der Waals surface area contributed by atoms with Crippen LogP contribution in [0, 0.1) is 0 Å². The fraction of sp³-hybridized carbons (Fsp3) is 0.500. The second kappa shape index (κ2) is 14.4. The van der Waals surface area contributed by atoms with Gasteiger partial charge < -0.3 is 15.4 Å². The Morgan fingerprint density at radius 2 is 1.93 bits per heavy atom. The Bertz CT molecular complexity index is 645. The van der Waals surface area contributed by atoms with Gasteiger partial charge in [-0.05, 0) is 37.8 Å². The number of aromatic nitrogens is 2. The van der Waals surface area contributed by atoms with Crippen LogP contribution in [0.2, 0.25) is 0 Å². The van der Waals surface area contributed by atoms with E-state index in [-0.39, 0.29) is 24.0 Å². The highest BCUT2D eigenvalue weighted by atomic mass is 127. The van der Waals surface area contributed by atoms with Gasteiger partial charge in [0.05, 0.1) is 18.8 Å². The van der Waals surface area contributed by atoms with E-state index in [1.165, 1.54) is 5.56 Å². The first-order valence-corrected chi connectivity index (χ1v) is 9.40. The summed E-state index contributed by atoms with van der Waals surface area (Å²) in [4.78, 5) is 4.60. The number of nitrogens with one attached hydrogen (secondary N) is 2. The third-order valence-electron chi connectivity index (χ3n) is 4.05. The highest BCUT2D eigenvalue weighted by Crippen LogP contribution is 2.00. The van der Waals surface area contributed by atoms with Crippen LogP contribution in [0.4, 0.5) is 0 Å². The molecule has 1 aromatic carbocycles. The Labute approximate surface area is 179 Å². The molecule has 0 atom stereocenters. The molecule has 7 heteroatoms. The average molecular weight is 485 g/mol. The Hall–Kier alpha value is -1.61. The minimum atomic E-state index is 0. The lowest BCUT2D eigenvalue weighted by Gasteiger charge is -2.11. The second-order valence-electron chi connectivity index (χ2n) is 6.12. The van der Waals surface area contributed by atoms with Gasteiger partial charge in [0.2, 0.25) is 0 Å². The topological polar surface area (TPSA) is 63.5 Å². The summed E-state index contributed by atoms with van der Waals surface area (Å²) in [5.41, 5.74) is 2.42. The van der Waals surface area contributed by atoms with Crippen molar-refractivity contribution in [3.8, 4) is 0 Å². The first-order chi connectivity index (χ1) is 12.8. The van der Waals surface area contributed by atoms with Crippen LogP contribution in [0.3, 0.4) is 0 Å². The Morgan fingerprint density at radius 3 is 2.63 bits per heavy atom. The summed E-state index contributed by atoms with van der Waals surface area (Å²) in [6.07, 6.45) is 4.87. The molecule has 0 fully saturated rings. The highest BCUT2D eigenvalue weighted by Gasteiger charge is 2.00. The molecule has 0 unspecified atom stereocenters. The summed E-state index contributed by atoms with van der Waals surface area (Å²) >= 11 is 0. The lowest BCUT2D eigenvalue weighted by atomic mass is 10.2. The van der Waals surface area contributed by atoms with Crippen molar-refractivity contribution >= 4 is 29.9 Å². The van der Waals surface area contributed by atoms with Gasteiger partial charge in [0, 0.05) is 32.9 Å². The van der Waals surface area contributed by atoms with Crippen LogP contribution in [-0.2, 0) is 24.8 Å². The maximum atomic E-state index is 5.72. The van der Waals surface area contributed by atoms with Gasteiger partial charge in [0.15, 0.2) is 5.96 Å². The number of hydrogen-bond donors (Lipinski definition) is 2. The number of unbranched alkanes of at least 4 members (excludes halogenated alkanes) is 1. The van der Waals surface area contributed by atoms with Crippen molar-refractivity contribution in [2.45, 2.75) is 32.7 Å². The normalized spacial score (nSPS) is 11.1. The molecular formula is C20H32IN5O. The van der Waals surface area contributed by atoms with Crippen molar-refractivity contribution < 1.29 is 4.74 Å². The molecule has 2 rings (SSSR count). The summed E-state index contributed by atoms with van der Waals surface area (Å²) in [5.74, 6) is 0.846. The number of halogens is 1. The summed E-state index contributed by atoms with van der Waals surface area (Å²) in [6, 6.07) is 12.4. The van der Waals surface area contributed by atoms with Gasteiger partial charge in [-0.25, -0.2) is 4.99 Å². The lowest BCUT2D eigenvalue weighted by Crippen LogP contribution is -2.37. The monoisotopic (exact) mass is 485 g/mol. The average Bonchev–Trinajstić information content (AvgIpc) is 3.07. The quantitative estimate of drug-likeness (QED) is 0.222. The number of nitrogens with zero attached hydrogens (tertiary/aromatic N) is 3. The maximum absolute atomic E-state index is 5.72. The molecule has 150 valence electrons. The molecule has 0 amide bonds. The van der Waals surface area contributed by atoms with Gasteiger partial charge in [-0.1, -0.05) is 30.3 Å². The molecule has 0 aliphatic heterocycles. The van der Waals surface area contributed by atoms with E-state index in [9.17, 15) is 0 Å². The van der Waals surface area contributed by atoms with Crippen molar-refractivity contribution in [3.63, 3.8) is 0 Å². The summed E-state index contributed by atoms with van der Waals surface area (Å²) < 4.78 is 7.57. The van der Waals surface area contributed by atoms with Gasteiger partial charge in [0.25, 0.3) is 0 Å². The van der Waals surface area contributed by atoms with Crippen molar-refractivity contribution in [3.05, 3.63) is 53.9 Å². The fourth-order valence-electron chi connectivity index (χ4n) is 2.53. The molecule has 0 saturated carbocycles. The van der Waals surface area contributed by atoms with Crippen LogP contribution in [-0.4, -0.2) is 42.0 Å². The number of guanidine groups is 1. The van der Waals surface area contributed by atoms with Crippen LogP contribution in [0.15, 0.2) is 47.6 Å². The van der Waals surface area contributed by atoms with Crippen molar-refractivity contribution in [1.29, 1.82) is 0 Å². The number of aryl methyl sites for hydroxylation is 1. The zero-order valence-electron chi connectivity index (χ0n) is 16.4. The molecule has 0 aliphatic carbocycles. The van der Waals surface area contributed by atoms with Crippen LogP contribution in [0.5, 0.6) is 0 Å². The maximum Gasteiger partial charge on any atom is 0.191 e. The highest BCUT2D eigenvalue weighted by molar-refractivity contribution is 14.0. The number of rotatable bonds is 11. The van der Waals surface area contributed by atoms with E-state index in [0.717, 1.165) is 57.2 Å². The number of hydrogen-bond acceptors (Lipinski definition) is 3. The molecule has 2 aromatic rings. The van der Waals surface area contributed by atoms with E-state index in [1.54, 1.807) is 6.20 Å². The standard InChI is InChI=1S/C20H31N5O.HI/c1-3-21-20(23-17-19-11-14-24-25(19)2)22-13-7-8-15-26-16-12-18-9-5-4-6-10-18;/h4-6,9-11,14H,3,7-8,12-13,15-17H2,1-2H3,(H2,21,22,23);1H. The van der Waals surface area contributed by atoms with Crippen LogP contribution in [0.25, 0.3) is 0 Å². The summed E-state index contributed by atoms with van der Waals surface area (Å²) in [6.45, 7) is 6.01. The first kappa shape index (κ1) is 23.4. The summed E-state index contributed by atoms with van der Waals surface area (Å²) in [7, 11) is 1.93. The number of aliphatic imine (C=N–C) groups is 1. The smallest absolute Gasteiger partial charge is 0.191 e. The lowest BCUT2D eigenvalue weighted by molar-refractivity contribution is 0.133. The SMILES string of the molecule is CCNC(=NCc1ccnn1C)NCCCCOCCc1ccccc1.I. The van der Waals surface area contributed by atoms with E-state index in [1.807, 2.05) is 23.9 Å². The zero-order chi connectivity index (χ0) is 18.5. The third kappa shape index (κ3) is 9.76. The number of ether oxygens (including phenoxy) is 1. The Morgan fingerprint density at radius 1 is 1.11 bits per heavy atom. The van der Waals surface area contributed by atoms with Crippen LogP contribution >= 0.6 is 24.0 Å². The van der Waals surface area contributed by atoms with Crippen molar-refractivity contribution in [1.82, 2.24) is 20.4 Å². The second-order valence-corrected chi connectivity index (χ2v) is 6.12. The number of benzene rings is 1. The fourth-order valence-corrected chi connectivity index (χ4v) is 2.53. The van der Waals surface area contributed by atoms with Gasteiger partial charge in [-0.3, -0.25) is 4.68 Å². The molecule has 0 radical (unpaired) electrons. The zero-order valence-corrected chi connectivity index (χ0v) is 18.7. The van der Waals surface area contributed by atoms with E-state index in [0.29, 0.717) is 6.54 Å². The Balaban J connectivity index is 0.00000364. The van der Waals surface area contributed by atoms with Gasteiger partial charge >= 0.3 is 0 Å². The van der Waals surface area contributed by atoms with Crippen molar-refractivity contribution in [2.75, 3.05) is 26.3 Å². The van der Waals surface area contributed by atoms with E-state index >= 15 is 0 Å². The van der Waals surface area contributed by atoms with Crippen molar-refractivity contribution in [2.24, 2.45) is 12.0 Å². The van der Waals surface area contributed by atoms with Gasteiger partial charge in [-0.2, -0.15) is 5.10 Å². The molecule has 0 spiro atoms. The van der Waals surface area contributed by atoms with Crippen LogP contribution in [0.1, 0.15) is 31.0 Å². The first-order valence-electron chi connectivity index (χ1n) is 9.40.